The van der Waals surface area contributed by atoms with E-state index < -0.39 is 20.2 Å². The van der Waals surface area contributed by atoms with Crippen molar-refractivity contribution in [2.24, 2.45) is 0 Å². The number of hydrogen-bond acceptors (Lipinski definition) is 6. The Hall–Kier alpha value is -1.82. The van der Waals surface area contributed by atoms with Gasteiger partial charge in [0.2, 0.25) is 0 Å². The van der Waals surface area contributed by atoms with Crippen molar-refractivity contribution in [3.8, 4) is 0 Å². The zero-order valence-corrected chi connectivity index (χ0v) is 15.7. The van der Waals surface area contributed by atoms with Crippen LogP contribution in [0.15, 0.2) is 34.1 Å². The minimum Gasteiger partial charge on any atom is -0.282 e. The zero-order valence-electron chi connectivity index (χ0n) is 12.5. The van der Waals surface area contributed by atoms with Crippen LogP contribution in [0.1, 0.15) is 0 Å². The molecule has 26 heavy (non-hydrogen) atoms. The normalized spacial score (nSPS) is 13.6. The number of benzene rings is 3. The van der Waals surface area contributed by atoms with Crippen molar-refractivity contribution in [2.75, 3.05) is 0 Å². The third-order valence-electron chi connectivity index (χ3n) is 4.32. The van der Waals surface area contributed by atoms with Gasteiger partial charge in [-0.2, -0.15) is 16.8 Å². The van der Waals surface area contributed by atoms with E-state index in [1.807, 2.05) is 0 Å². The van der Waals surface area contributed by atoms with Crippen LogP contribution in [0.3, 0.4) is 0 Å². The van der Waals surface area contributed by atoms with Crippen molar-refractivity contribution >= 4 is 84.6 Å². The van der Waals surface area contributed by atoms with Crippen LogP contribution in [0.2, 0.25) is 0 Å². The topological polar surface area (TPSA) is 109 Å². The van der Waals surface area contributed by atoms with Gasteiger partial charge in [0.1, 0.15) is 4.90 Å². The summed E-state index contributed by atoms with van der Waals surface area (Å²) in [4.78, 5) is -0.521. The highest BCUT2D eigenvalue weighted by molar-refractivity contribution is 7.86. The van der Waals surface area contributed by atoms with E-state index in [-0.39, 0.29) is 9.79 Å². The monoisotopic (exact) mass is 422 g/mol. The first-order valence-electron chi connectivity index (χ1n) is 7.07. The molecule has 2 radical (unpaired) electrons. The average molecular weight is 422 g/mol. The first-order chi connectivity index (χ1) is 12.2. The maximum atomic E-state index is 11.9. The third kappa shape index (κ3) is 2.08. The van der Waals surface area contributed by atoms with E-state index in [2.05, 4.69) is 10.8 Å². The summed E-state index contributed by atoms with van der Waals surface area (Å²) < 4.78 is 67.0. The molecule has 0 aliphatic carbocycles. The molecule has 0 amide bonds. The smallest absolute Gasteiger partial charge is 0.282 e. The quantitative estimate of drug-likeness (QED) is 0.329. The van der Waals surface area contributed by atoms with E-state index in [1.54, 1.807) is 6.07 Å². The Morgan fingerprint density at radius 3 is 2.27 bits per heavy atom. The molecule has 2 aromatic carbocycles. The Bertz CT molecular complexity index is 1570. The molecule has 0 atom stereocenters. The maximum absolute atomic E-state index is 11.9. The van der Waals surface area contributed by atoms with Gasteiger partial charge < -0.3 is 0 Å². The van der Waals surface area contributed by atoms with Crippen LogP contribution in [-0.4, -0.2) is 25.9 Å². The molecule has 5 aromatic rings. The average Bonchev–Trinajstić information content (AvgIpc) is 3.24. The van der Waals surface area contributed by atoms with E-state index in [1.165, 1.54) is 40.9 Å². The molecule has 0 spiro atoms. The summed E-state index contributed by atoms with van der Waals surface area (Å²) >= 11 is 2.49. The molecule has 0 saturated heterocycles. The van der Waals surface area contributed by atoms with Crippen LogP contribution in [0, 0.1) is 10.8 Å². The van der Waals surface area contributed by atoms with Gasteiger partial charge in [0, 0.05) is 41.7 Å². The van der Waals surface area contributed by atoms with Crippen molar-refractivity contribution in [1.82, 2.24) is 0 Å². The minimum atomic E-state index is -4.51. The molecule has 130 valence electrons. The largest absolute Gasteiger partial charge is 0.295 e. The highest BCUT2D eigenvalue weighted by Crippen LogP contribution is 2.50. The van der Waals surface area contributed by atoms with Gasteiger partial charge in [-0.1, -0.05) is 6.07 Å². The first-order valence-corrected chi connectivity index (χ1v) is 11.6. The molecule has 0 aliphatic rings. The van der Waals surface area contributed by atoms with Gasteiger partial charge in [-0.3, -0.25) is 9.11 Å². The molecular weight excluding hydrogens is 416 g/mol. The van der Waals surface area contributed by atoms with Gasteiger partial charge in [0.05, 0.1) is 15.7 Å². The second-order valence-electron chi connectivity index (χ2n) is 5.77. The van der Waals surface area contributed by atoms with Crippen molar-refractivity contribution < 1.29 is 25.9 Å². The molecule has 3 heterocycles. The fourth-order valence-corrected chi connectivity index (χ4v) is 6.61. The van der Waals surface area contributed by atoms with E-state index in [4.69, 9.17) is 0 Å². The molecule has 10 heteroatoms. The van der Waals surface area contributed by atoms with Gasteiger partial charge in [-0.25, -0.2) is 0 Å². The van der Waals surface area contributed by atoms with Crippen molar-refractivity contribution in [3.05, 3.63) is 35.0 Å². The number of rotatable bonds is 2. The summed E-state index contributed by atoms with van der Waals surface area (Å²) in [6, 6.07) is 5.54. The lowest BCUT2D eigenvalue weighted by Crippen LogP contribution is -1.99. The lowest BCUT2D eigenvalue weighted by Gasteiger charge is -2.07. The van der Waals surface area contributed by atoms with E-state index in [0.717, 1.165) is 10.1 Å². The highest BCUT2D eigenvalue weighted by Gasteiger charge is 2.26. The Balaban J connectivity index is 2.09. The molecule has 0 unspecified atom stereocenters. The molecular formula is C16H6O6S4. The zero-order chi connectivity index (χ0) is 18.4. The number of hydrogen-bond donors (Lipinski definition) is 2. The van der Waals surface area contributed by atoms with Crippen LogP contribution in [-0.2, 0) is 20.2 Å². The van der Waals surface area contributed by atoms with Crippen LogP contribution < -0.4 is 0 Å². The summed E-state index contributed by atoms with van der Waals surface area (Å²) in [6.45, 7) is 0. The molecule has 0 aliphatic heterocycles. The van der Waals surface area contributed by atoms with Crippen LogP contribution in [0.5, 0.6) is 0 Å². The minimum absolute atomic E-state index is 0.247. The summed E-state index contributed by atoms with van der Waals surface area (Å²) in [7, 11) is -8.90. The fourth-order valence-electron chi connectivity index (χ4n) is 3.29. The van der Waals surface area contributed by atoms with Gasteiger partial charge in [-0.05, 0) is 18.2 Å². The molecule has 0 saturated carbocycles. The van der Waals surface area contributed by atoms with Crippen LogP contribution in [0.25, 0.3) is 41.7 Å². The predicted octanol–water partition coefficient (Wildman–Crippen LogP) is 3.95. The van der Waals surface area contributed by atoms with Gasteiger partial charge in [0.25, 0.3) is 20.2 Å². The second-order valence-corrected chi connectivity index (χ2v) is 10.2. The Kier molecular flexibility index (Phi) is 3.09. The number of thiophene rings is 3. The second kappa shape index (κ2) is 4.91. The fraction of sp³-hybridized carbons (Fsp3) is 0. The maximum Gasteiger partial charge on any atom is 0.295 e. The van der Waals surface area contributed by atoms with Crippen molar-refractivity contribution in [1.29, 1.82) is 0 Å². The molecule has 3 aromatic heterocycles. The molecule has 2 N–H and O–H groups in total. The van der Waals surface area contributed by atoms with Crippen LogP contribution >= 0.6 is 22.7 Å². The Labute approximate surface area is 155 Å². The van der Waals surface area contributed by atoms with Crippen LogP contribution in [0.4, 0.5) is 0 Å². The highest BCUT2D eigenvalue weighted by atomic mass is 32.2. The first kappa shape index (κ1) is 16.4. The SMILES string of the molecule is O=S(=O)(O)c1ccc2c(c1)c1sc2c2c3[c]s[c]c3cc(S(=O)(=O)O)c12. The summed E-state index contributed by atoms with van der Waals surface area (Å²) in [6.07, 6.45) is 0. The molecule has 0 fully saturated rings. The lowest BCUT2D eigenvalue weighted by atomic mass is 10.0. The Morgan fingerprint density at radius 2 is 1.58 bits per heavy atom. The number of fused-ring (bicyclic) bond motifs is 10. The third-order valence-corrected chi connectivity index (χ3v) is 7.93. The summed E-state index contributed by atoms with van der Waals surface area (Å²) in [5.74, 6) is 0. The molecule has 2 bridgehead atoms. The van der Waals surface area contributed by atoms with Crippen molar-refractivity contribution in [2.45, 2.75) is 9.79 Å². The van der Waals surface area contributed by atoms with Gasteiger partial charge in [0.15, 0.2) is 0 Å². The van der Waals surface area contributed by atoms with E-state index >= 15 is 0 Å². The molecule has 5 rings (SSSR count). The van der Waals surface area contributed by atoms with Gasteiger partial charge in [-0.15, -0.1) is 22.7 Å². The standard InChI is InChI=1S/C16H6O6S4/c17-25(18,19)8-1-2-9-10(4-8)16-14-12(26(20,21)22)3-7-5-23-6-11(7)13(14)15(9)24-16/h1-4H,(H,17,18,19)(H,20,21,22). The lowest BCUT2D eigenvalue weighted by molar-refractivity contribution is 0.481. The Morgan fingerprint density at radius 1 is 0.846 bits per heavy atom. The summed E-state index contributed by atoms with van der Waals surface area (Å²) in [5, 5.41) is 9.51. The van der Waals surface area contributed by atoms with E-state index in [0.29, 0.717) is 31.6 Å². The predicted molar refractivity (Wildman–Crippen MR) is 101 cm³/mol. The summed E-state index contributed by atoms with van der Waals surface area (Å²) in [5.41, 5.74) is 0. The van der Waals surface area contributed by atoms with Gasteiger partial charge >= 0.3 is 0 Å². The molecule has 6 nitrogen and oxygen atoms in total. The van der Waals surface area contributed by atoms with E-state index in [9.17, 15) is 25.9 Å². The van der Waals surface area contributed by atoms with Crippen molar-refractivity contribution in [3.63, 3.8) is 0 Å².